The van der Waals surface area contributed by atoms with Crippen molar-refractivity contribution in [3.8, 4) is 17.0 Å². The van der Waals surface area contributed by atoms with Crippen LogP contribution in [0.5, 0.6) is 5.88 Å². The first-order chi connectivity index (χ1) is 14.1. The molecule has 4 rings (SSSR count). The zero-order chi connectivity index (χ0) is 20.4. The third kappa shape index (κ3) is 3.68. The van der Waals surface area contributed by atoms with Gasteiger partial charge in [-0.25, -0.2) is 15.0 Å². The number of aryl methyl sites for hydroxylation is 2. The smallest absolute Gasteiger partial charge is 0.255 e. The maximum absolute atomic E-state index is 13.2. The van der Waals surface area contributed by atoms with E-state index in [1.165, 1.54) is 0 Å². The van der Waals surface area contributed by atoms with E-state index < -0.39 is 0 Å². The van der Waals surface area contributed by atoms with Crippen molar-refractivity contribution in [2.75, 3.05) is 13.7 Å². The predicted molar refractivity (Wildman–Crippen MR) is 109 cm³/mol. The molecule has 0 saturated carbocycles. The van der Waals surface area contributed by atoms with E-state index >= 15 is 0 Å². The van der Waals surface area contributed by atoms with Crippen molar-refractivity contribution in [1.82, 2.24) is 24.8 Å². The fraction of sp³-hybridized carbons (Fsp3) is 0.318. The quantitative estimate of drug-likeness (QED) is 0.679. The van der Waals surface area contributed by atoms with Gasteiger partial charge in [0.2, 0.25) is 5.88 Å². The molecule has 0 radical (unpaired) electrons. The van der Waals surface area contributed by atoms with Crippen LogP contribution in [0.2, 0.25) is 0 Å². The molecule has 29 heavy (non-hydrogen) atoms. The largest absolute Gasteiger partial charge is 0.481 e. The number of pyridine rings is 2. The van der Waals surface area contributed by atoms with E-state index in [4.69, 9.17) is 9.72 Å². The van der Waals surface area contributed by atoms with Crippen LogP contribution >= 0.6 is 0 Å². The lowest BCUT2D eigenvalue weighted by molar-refractivity contribution is 0.0732. The van der Waals surface area contributed by atoms with Crippen LogP contribution < -0.4 is 4.74 Å². The summed E-state index contributed by atoms with van der Waals surface area (Å²) in [4.78, 5) is 32.7. The highest BCUT2D eigenvalue weighted by Crippen LogP contribution is 2.37. The van der Waals surface area contributed by atoms with Crippen molar-refractivity contribution in [3.63, 3.8) is 0 Å². The lowest BCUT2D eigenvalue weighted by Gasteiger charge is -2.26. The number of carbonyl (C=O) groups is 1. The standard InChI is InChI=1S/C22H23N5O2/c1-14-11-23-9-8-17(14)18-13-24-15(2)26-21(18)19-5-4-10-27(19)22(28)16-6-7-20(29-3)25-12-16/h6-9,11-13,19H,4-5,10H2,1-3H3/t19-/m1/s1. The molecule has 1 saturated heterocycles. The molecule has 1 aliphatic heterocycles. The third-order valence-electron chi connectivity index (χ3n) is 5.27. The second-order valence-corrected chi connectivity index (χ2v) is 7.15. The molecule has 0 aliphatic carbocycles. The minimum atomic E-state index is -0.103. The van der Waals surface area contributed by atoms with Crippen LogP contribution in [0.15, 0.2) is 43.0 Å². The maximum Gasteiger partial charge on any atom is 0.255 e. The zero-order valence-electron chi connectivity index (χ0n) is 16.8. The van der Waals surface area contributed by atoms with Gasteiger partial charge in [-0.2, -0.15) is 0 Å². The number of aromatic nitrogens is 4. The predicted octanol–water partition coefficient (Wildman–Crippen LogP) is 3.54. The van der Waals surface area contributed by atoms with Crippen LogP contribution in [0.3, 0.4) is 0 Å². The van der Waals surface area contributed by atoms with Gasteiger partial charge in [-0.1, -0.05) is 0 Å². The number of methoxy groups -OCH3 is 1. The molecule has 0 unspecified atom stereocenters. The minimum absolute atomic E-state index is 0.0451. The Kier molecular flexibility index (Phi) is 5.20. The molecule has 4 heterocycles. The van der Waals surface area contributed by atoms with Gasteiger partial charge in [-0.3, -0.25) is 9.78 Å². The Bertz CT molecular complexity index is 1040. The first-order valence-electron chi connectivity index (χ1n) is 9.64. The van der Waals surface area contributed by atoms with Crippen molar-refractivity contribution >= 4 is 5.91 Å². The molecule has 1 fully saturated rings. The van der Waals surface area contributed by atoms with Gasteiger partial charge in [0.25, 0.3) is 5.91 Å². The summed E-state index contributed by atoms with van der Waals surface area (Å²) in [7, 11) is 1.56. The molecular weight excluding hydrogens is 366 g/mol. The summed E-state index contributed by atoms with van der Waals surface area (Å²) in [5.41, 5.74) is 4.48. The van der Waals surface area contributed by atoms with Gasteiger partial charge in [-0.15, -0.1) is 0 Å². The molecule has 1 amide bonds. The molecule has 148 valence electrons. The van der Waals surface area contributed by atoms with E-state index in [-0.39, 0.29) is 11.9 Å². The summed E-state index contributed by atoms with van der Waals surface area (Å²) in [6.45, 7) is 4.58. The lowest BCUT2D eigenvalue weighted by atomic mass is 9.97. The Labute approximate surface area is 169 Å². The molecule has 0 aromatic carbocycles. The minimum Gasteiger partial charge on any atom is -0.481 e. The second-order valence-electron chi connectivity index (χ2n) is 7.15. The van der Waals surface area contributed by atoms with Crippen LogP contribution in [-0.2, 0) is 0 Å². The van der Waals surface area contributed by atoms with Gasteiger partial charge in [-0.05, 0) is 49.9 Å². The van der Waals surface area contributed by atoms with E-state index in [0.29, 0.717) is 23.8 Å². The highest BCUT2D eigenvalue weighted by Gasteiger charge is 2.34. The number of rotatable bonds is 4. The van der Waals surface area contributed by atoms with Crippen molar-refractivity contribution in [3.05, 3.63) is 65.6 Å². The Morgan fingerprint density at radius 2 is 1.97 bits per heavy atom. The van der Waals surface area contributed by atoms with Crippen molar-refractivity contribution in [2.24, 2.45) is 0 Å². The Balaban J connectivity index is 1.73. The molecule has 7 nitrogen and oxygen atoms in total. The average Bonchev–Trinajstić information content (AvgIpc) is 3.23. The number of amides is 1. The fourth-order valence-corrected chi connectivity index (χ4v) is 3.81. The van der Waals surface area contributed by atoms with Crippen molar-refractivity contribution < 1.29 is 9.53 Å². The van der Waals surface area contributed by atoms with E-state index in [1.807, 2.05) is 37.2 Å². The number of hydrogen-bond donors (Lipinski definition) is 0. The number of ether oxygens (including phenoxy) is 1. The molecule has 1 atom stereocenters. The van der Waals surface area contributed by atoms with Crippen LogP contribution in [0, 0.1) is 13.8 Å². The highest BCUT2D eigenvalue weighted by atomic mass is 16.5. The van der Waals surface area contributed by atoms with Crippen LogP contribution in [0.4, 0.5) is 0 Å². The van der Waals surface area contributed by atoms with Gasteiger partial charge in [0.05, 0.1) is 24.4 Å². The summed E-state index contributed by atoms with van der Waals surface area (Å²) in [6.07, 6.45) is 8.82. The van der Waals surface area contributed by atoms with Gasteiger partial charge in [0.1, 0.15) is 5.82 Å². The summed E-state index contributed by atoms with van der Waals surface area (Å²) >= 11 is 0. The van der Waals surface area contributed by atoms with E-state index in [0.717, 1.165) is 35.2 Å². The van der Waals surface area contributed by atoms with Gasteiger partial charge in [0.15, 0.2) is 0 Å². The molecule has 1 aliphatic rings. The van der Waals surface area contributed by atoms with Crippen LogP contribution in [-0.4, -0.2) is 44.4 Å². The molecule has 0 bridgehead atoms. The van der Waals surface area contributed by atoms with Gasteiger partial charge < -0.3 is 9.64 Å². The summed E-state index contributed by atoms with van der Waals surface area (Å²) in [6, 6.07) is 5.33. The SMILES string of the molecule is COc1ccc(C(=O)N2CCC[C@@H]2c2nc(C)ncc2-c2ccncc2C)cn1. The first kappa shape index (κ1) is 19.0. The number of likely N-dealkylation sites (tertiary alicyclic amines) is 1. The van der Waals surface area contributed by atoms with Crippen molar-refractivity contribution in [1.29, 1.82) is 0 Å². The average molecular weight is 389 g/mol. The third-order valence-corrected chi connectivity index (χ3v) is 5.27. The Hall–Kier alpha value is -3.35. The summed E-state index contributed by atoms with van der Waals surface area (Å²) in [5, 5.41) is 0. The first-order valence-corrected chi connectivity index (χ1v) is 9.64. The van der Waals surface area contributed by atoms with Gasteiger partial charge >= 0.3 is 0 Å². The van der Waals surface area contributed by atoms with Crippen molar-refractivity contribution in [2.45, 2.75) is 32.7 Å². The molecule has 0 N–H and O–H groups in total. The van der Waals surface area contributed by atoms with Gasteiger partial charge in [0, 0.05) is 43.0 Å². The normalized spacial score (nSPS) is 16.1. The van der Waals surface area contributed by atoms with E-state index in [9.17, 15) is 4.79 Å². The number of carbonyl (C=O) groups excluding carboxylic acids is 1. The van der Waals surface area contributed by atoms with E-state index in [1.54, 1.807) is 31.6 Å². The molecule has 0 spiro atoms. The Morgan fingerprint density at radius 3 is 2.69 bits per heavy atom. The molecule has 3 aromatic rings. The monoisotopic (exact) mass is 389 g/mol. The molecule has 3 aromatic heterocycles. The molecule has 7 heteroatoms. The maximum atomic E-state index is 13.2. The van der Waals surface area contributed by atoms with Crippen LogP contribution in [0.25, 0.3) is 11.1 Å². The zero-order valence-corrected chi connectivity index (χ0v) is 16.8. The highest BCUT2D eigenvalue weighted by molar-refractivity contribution is 5.94. The van der Waals surface area contributed by atoms with Crippen LogP contribution in [0.1, 0.15) is 46.3 Å². The Morgan fingerprint density at radius 1 is 1.10 bits per heavy atom. The number of hydrogen-bond acceptors (Lipinski definition) is 6. The lowest BCUT2D eigenvalue weighted by Crippen LogP contribution is -2.31. The number of nitrogens with zero attached hydrogens (tertiary/aromatic N) is 5. The van der Waals surface area contributed by atoms with E-state index in [2.05, 4.69) is 15.0 Å². The fourth-order valence-electron chi connectivity index (χ4n) is 3.81. The topological polar surface area (TPSA) is 81.1 Å². The second kappa shape index (κ2) is 7.95. The molecular formula is C22H23N5O2. The summed E-state index contributed by atoms with van der Waals surface area (Å²) < 4.78 is 5.10. The summed E-state index contributed by atoms with van der Waals surface area (Å²) in [5.74, 6) is 1.14.